The standard InChI is InChI=1S/C4H5N3OS3/c5-2(8)1(9)3-6-7-4(10)11-3/h1,9H,(H2,5,8)(H,7,10). The number of nitrogens with two attached hydrogens (primary N) is 1. The van der Waals surface area contributed by atoms with Crippen LogP contribution in [0.3, 0.4) is 0 Å². The number of aromatic nitrogens is 2. The van der Waals surface area contributed by atoms with Gasteiger partial charge in [0, 0.05) is 0 Å². The third kappa shape index (κ3) is 2.01. The lowest BCUT2D eigenvalue weighted by molar-refractivity contribution is -0.117. The van der Waals surface area contributed by atoms with Gasteiger partial charge in [-0.25, -0.2) is 0 Å². The Hall–Kier alpha value is -0.400. The van der Waals surface area contributed by atoms with Gasteiger partial charge in [0.05, 0.1) is 0 Å². The molecule has 1 amide bonds. The second kappa shape index (κ2) is 3.33. The van der Waals surface area contributed by atoms with E-state index in [0.29, 0.717) is 8.96 Å². The van der Waals surface area contributed by atoms with Crippen molar-refractivity contribution in [1.82, 2.24) is 10.2 Å². The molecular formula is C4H5N3OS3. The number of hydrogen-bond acceptors (Lipinski definition) is 5. The molecule has 1 rings (SSSR count). The number of amides is 1. The van der Waals surface area contributed by atoms with Crippen LogP contribution in [0.5, 0.6) is 0 Å². The second-order valence-corrected chi connectivity index (χ2v) is 3.97. The third-order valence-corrected chi connectivity index (χ3v) is 2.79. The molecule has 0 bridgehead atoms. The molecular weight excluding hydrogens is 202 g/mol. The number of nitrogens with one attached hydrogen (secondary N) is 1. The fourth-order valence-corrected chi connectivity index (χ4v) is 1.60. The molecule has 0 radical (unpaired) electrons. The highest BCUT2D eigenvalue weighted by molar-refractivity contribution is 7.81. The molecule has 1 aromatic rings. The summed E-state index contributed by atoms with van der Waals surface area (Å²) >= 11 is 9.88. The molecule has 0 saturated carbocycles. The number of primary amides is 1. The van der Waals surface area contributed by atoms with E-state index in [9.17, 15) is 4.79 Å². The number of carbonyl (C=O) groups excluding carboxylic acids is 1. The number of thiol groups is 1. The zero-order chi connectivity index (χ0) is 8.43. The summed E-state index contributed by atoms with van der Waals surface area (Å²) in [6.45, 7) is 0. The normalized spacial score (nSPS) is 12.8. The van der Waals surface area contributed by atoms with E-state index < -0.39 is 11.2 Å². The summed E-state index contributed by atoms with van der Waals surface area (Å²) in [6.07, 6.45) is 0. The minimum absolute atomic E-state index is 0.505. The van der Waals surface area contributed by atoms with E-state index in [1.807, 2.05) is 0 Å². The van der Waals surface area contributed by atoms with Crippen molar-refractivity contribution in [3.05, 3.63) is 8.96 Å². The predicted molar refractivity (Wildman–Crippen MR) is 48.2 cm³/mol. The van der Waals surface area contributed by atoms with Gasteiger partial charge in [0.25, 0.3) is 0 Å². The van der Waals surface area contributed by atoms with E-state index in [1.165, 1.54) is 11.3 Å². The number of nitrogens with zero attached hydrogens (tertiary/aromatic N) is 1. The first-order valence-electron chi connectivity index (χ1n) is 2.64. The number of hydrogen-bond donors (Lipinski definition) is 3. The van der Waals surface area contributed by atoms with Crippen LogP contribution in [0.15, 0.2) is 0 Å². The smallest absolute Gasteiger partial charge is 0.237 e. The Balaban J connectivity index is 2.93. The van der Waals surface area contributed by atoms with Crippen molar-refractivity contribution in [2.24, 2.45) is 5.73 Å². The fourth-order valence-electron chi connectivity index (χ4n) is 0.480. The Bertz CT molecular complexity index is 316. The minimum Gasteiger partial charge on any atom is -0.368 e. The summed E-state index contributed by atoms with van der Waals surface area (Å²) in [5.41, 5.74) is 4.98. The average molecular weight is 207 g/mol. The lowest BCUT2D eigenvalue weighted by Gasteiger charge is -1.97. The van der Waals surface area contributed by atoms with Gasteiger partial charge >= 0.3 is 0 Å². The van der Waals surface area contributed by atoms with Crippen molar-refractivity contribution in [3.63, 3.8) is 0 Å². The van der Waals surface area contributed by atoms with Crippen LogP contribution in [0.4, 0.5) is 0 Å². The van der Waals surface area contributed by atoms with Gasteiger partial charge in [0.15, 0.2) is 3.95 Å². The molecule has 0 saturated heterocycles. The van der Waals surface area contributed by atoms with Crippen LogP contribution in [0.1, 0.15) is 10.3 Å². The number of H-pyrrole nitrogens is 1. The Kier molecular flexibility index (Phi) is 2.63. The van der Waals surface area contributed by atoms with Crippen molar-refractivity contribution in [1.29, 1.82) is 0 Å². The summed E-state index contributed by atoms with van der Waals surface area (Å²) in [5.74, 6) is -0.522. The van der Waals surface area contributed by atoms with E-state index in [4.69, 9.17) is 18.0 Å². The van der Waals surface area contributed by atoms with Gasteiger partial charge in [-0.05, 0) is 12.2 Å². The maximum atomic E-state index is 10.6. The predicted octanol–water partition coefficient (Wildman–Crippen LogP) is 0.657. The molecule has 4 nitrogen and oxygen atoms in total. The topological polar surface area (TPSA) is 71.8 Å². The highest BCUT2D eigenvalue weighted by Crippen LogP contribution is 2.20. The molecule has 3 N–H and O–H groups in total. The van der Waals surface area contributed by atoms with Crippen LogP contribution in [0.25, 0.3) is 0 Å². The summed E-state index contributed by atoms with van der Waals surface area (Å²) in [5, 5.41) is 6.13. The molecule has 0 aliphatic rings. The highest BCUT2D eigenvalue weighted by atomic mass is 32.1. The van der Waals surface area contributed by atoms with Crippen LogP contribution >= 0.6 is 36.2 Å². The fraction of sp³-hybridized carbons (Fsp3) is 0.250. The SMILES string of the molecule is NC(=O)C(S)c1n[nH]c(=S)s1. The summed E-state index contributed by atoms with van der Waals surface area (Å²) in [4.78, 5) is 10.6. The molecule has 11 heavy (non-hydrogen) atoms. The van der Waals surface area contributed by atoms with Crippen molar-refractivity contribution >= 4 is 42.1 Å². The summed E-state index contributed by atoms with van der Waals surface area (Å²) in [6, 6.07) is 0. The maximum Gasteiger partial charge on any atom is 0.237 e. The van der Waals surface area contributed by atoms with Gasteiger partial charge in [-0.2, -0.15) is 17.7 Å². The maximum absolute atomic E-state index is 10.6. The molecule has 1 aromatic heterocycles. The van der Waals surface area contributed by atoms with Gasteiger partial charge in [-0.3, -0.25) is 9.89 Å². The van der Waals surface area contributed by atoms with Crippen molar-refractivity contribution < 1.29 is 4.79 Å². The van der Waals surface area contributed by atoms with E-state index in [1.54, 1.807) is 0 Å². The average Bonchev–Trinajstić information content (AvgIpc) is 2.34. The summed E-state index contributed by atoms with van der Waals surface area (Å²) in [7, 11) is 0. The molecule has 0 aliphatic heterocycles. The van der Waals surface area contributed by atoms with Gasteiger partial charge in [-0.1, -0.05) is 11.3 Å². The summed E-state index contributed by atoms with van der Waals surface area (Å²) < 4.78 is 0.514. The van der Waals surface area contributed by atoms with Crippen LogP contribution in [0.2, 0.25) is 0 Å². The van der Waals surface area contributed by atoms with Gasteiger partial charge in [0.1, 0.15) is 10.3 Å². The molecule has 1 atom stereocenters. The molecule has 0 spiro atoms. The molecule has 1 heterocycles. The van der Waals surface area contributed by atoms with E-state index in [-0.39, 0.29) is 0 Å². The number of aromatic amines is 1. The first kappa shape index (κ1) is 8.69. The van der Waals surface area contributed by atoms with Gasteiger partial charge in [-0.15, -0.1) is 0 Å². The molecule has 0 aromatic carbocycles. The van der Waals surface area contributed by atoms with Gasteiger partial charge in [0.2, 0.25) is 5.91 Å². The monoisotopic (exact) mass is 207 g/mol. The zero-order valence-corrected chi connectivity index (χ0v) is 7.80. The van der Waals surface area contributed by atoms with E-state index in [0.717, 1.165) is 0 Å². The Labute approximate surface area is 77.2 Å². The van der Waals surface area contributed by atoms with E-state index >= 15 is 0 Å². The molecule has 0 aliphatic carbocycles. The van der Waals surface area contributed by atoms with Crippen LogP contribution in [-0.4, -0.2) is 16.1 Å². The lowest BCUT2D eigenvalue weighted by atomic mass is 10.4. The van der Waals surface area contributed by atoms with Crippen molar-refractivity contribution in [3.8, 4) is 0 Å². The van der Waals surface area contributed by atoms with E-state index in [2.05, 4.69) is 22.8 Å². The quantitative estimate of drug-likeness (QED) is 0.492. The Morgan fingerprint density at radius 1 is 1.91 bits per heavy atom. The highest BCUT2D eigenvalue weighted by Gasteiger charge is 2.15. The third-order valence-electron chi connectivity index (χ3n) is 0.958. The van der Waals surface area contributed by atoms with Gasteiger partial charge < -0.3 is 5.73 Å². The van der Waals surface area contributed by atoms with Crippen LogP contribution < -0.4 is 5.73 Å². The molecule has 0 fully saturated rings. The minimum atomic E-state index is -0.659. The molecule has 60 valence electrons. The lowest BCUT2D eigenvalue weighted by Crippen LogP contribution is -2.16. The molecule has 7 heteroatoms. The van der Waals surface area contributed by atoms with Crippen molar-refractivity contribution in [2.45, 2.75) is 5.25 Å². The first-order valence-corrected chi connectivity index (χ1v) is 4.38. The number of rotatable bonds is 2. The second-order valence-electron chi connectivity index (χ2n) is 1.76. The van der Waals surface area contributed by atoms with Crippen LogP contribution in [-0.2, 0) is 4.79 Å². The largest absolute Gasteiger partial charge is 0.368 e. The van der Waals surface area contributed by atoms with Crippen LogP contribution in [0, 0.1) is 3.95 Å². The Morgan fingerprint density at radius 2 is 2.55 bits per heavy atom. The Morgan fingerprint density at radius 3 is 2.91 bits per heavy atom. The van der Waals surface area contributed by atoms with Crippen molar-refractivity contribution in [2.75, 3.05) is 0 Å². The molecule has 1 unspecified atom stereocenters. The zero-order valence-electron chi connectivity index (χ0n) is 5.27. The number of carbonyl (C=O) groups is 1. The first-order chi connectivity index (χ1) is 5.11.